The second-order valence-electron chi connectivity index (χ2n) is 3.85. The first-order chi connectivity index (χ1) is 9.13. The molecule has 3 N–H and O–H groups in total. The minimum Gasteiger partial charge on any atom is -0.399 e. The van der Waals surface area contributed by atoms with Gasteiger partial charge in [-0.2, -0.15) is 0 Å². The smallest absolute Gasteiger partial charge is 0.248 e. The van der Waals surface area contributed by atoms with Crippen LogP contribution in [0.15, 0.2) is 48.7 Å². The summed E-state index contributed by atoms with van der Waals surface area (Å²) in [5.74, 6) is -0.271. The van der Waals surface area contributed by atoms with E-state index in [1.54, 1.807) is 36.5 Å². The van der Waals surface area contributed by atoms with Crippen molar-refractivity contribution in [1.29, 1.82) is 0 Å². The first kappa shape index (κ1) is 13.1. The number of hydrogen-bond acceptors (Lipinski definition) is 3. The molecule has 0 radical (unpaired) electrons. The lowest BCUT2D eigenvalue weighted by molar-refractivity contribution is -0.111. The number of anilines is 2. The zero-order valence-electron chi connectivity index (χ0n) is 10.0. The number of rotatable bonds is 3. The van der Waals surface area contributed by atoms with Crippen molar-refractivity contribution in [1.82, 2.24) is 4.98 Å². The lowest BCUT2D eigenvalue weighted by atomic mass is 10.2. The van der Waals surface area contributed by atoms with E-state index in [1.807, 2.05) is 12.1 Å². The van der Waals surface area contributed by atoms with Gasteiger partial charge in [-0.1, -0.05) is 17.7 Å². The lowest BCUT2D eigenvalue weighted by Crippen LogP contribution is -2.08. The highest BCUT2D eigenvalue weighted by Crippen LogP contribution is 2.20. The van der Waals surface area contributed by atoms with Gasteiger partial charge in [0, 0.05) is 28.7 Å². The maximum atomic E-state index is 11.7. The number of pyridine rings is 1. The van der Waals surface area contributed by atoms with Gasteiger partial charge in [0.2, 0.25) is 5.91 Å². The highest BCUT2D eigenvalue weighted by Gasteiger charge is 2.00. The number of hydrogen-bond donors (Lipinski definition) is 2. The molecule has 5 heteroatoms. The first-order valence-corrected chi connectivity index (χ1v) is 5.97. The van der Waals surface area contributed by atoms with Crippen LogP contribution in [0.4, 0.5) is 11.4 Å². The Kier molecular flexibility index (Phi) is 4.15. The molecule has 0 saturated heterocycles. The summed E-state index contributed by atoms with van der Waals surface area (Å²) in [5, 5.41) is 3.15. The van der Waals surface area contributed by atoms with E-state index in [4.69, 9.17) is 17.3 Å². The average molecular weight is 274 g/mol. The monoisotopic (exact) mass is 273 g/mol. The molecule has 1 heterocycles. The summed E-state index contributed by atoms with van der Waals surface area (Å²) >= 11 is 5.85. The number of nitrogen functional groups attached to an aromatic ring is 1. The van der Waals surface area contributed by atoms with Crippen LogP contribution in [-0.2, 0) is 4.79 Å². The highest BCUT2D eigenvalue weighted by molar-refractivity contribution is 6.31. The Morgan fingerprint density at radius 3 is 2.84 bits per heavy atom. The summed E-state index contributed by atoms with van der Waals surface area (Å²) in [7, 11) is 0. The number of carbonyl (C=O) groups is 1. The van der Waals surface area contributed by atoms with Gasteiger partial charge in [0.1, 0.15) is 0 Å². The normalized spacial score (nSPS) is 10.6. The summed E-state index contributed by atoms with van der Waals surface area (Å²) in [6.45, 7) is 0. The number of nitrogens with two attached hydrogens (primary N) is 1. The second-order valence-corrected chi connectivity index (χ2v) is 4.29. The molecule has 2 rings (SSSR count). The molecule has 19 heavy (non-hydrogen) atoms. The Balaban J connectivity index is 2.03. The van der Waals surface area contributed by atoms with Crippen molar-refractivity contribution in [3.05, 3.63) is 59.4 Å². The number of aromatic nitrogens is 1. The Bertz CT molecular complexity index is 591. The van der Waals surface area contributed by atoms with Crippen molar-refractivity contribution < 1.29 is 4.79 Å². The lowest BCUT2D eigenvalue weighted by Gasteiger charge is -2.04. The molecule has 0 aliphatic carbocycles. The molecule has 0 saturated carbocycles. The van der Waals surface area contributed by atoms with Crippen LogP contribution in [0.5, 0.6) is 0 Å². The van der Waals surface area contributed by atoms with Gasteiger partial charge in [-0.05, 0) is 36.4 Å². The molecule has 0 unspecified atom stereocenters. The van der Waals surface area contributed by atoms with E-state index in [-0.39, 0.29) is 5.91 Å². The zero-order valence-corrected chi connectivity index (χ0v) is 10.8. The van der Waals surface area contributed by atoms with Gasteiger partial charge in [-0.25, -0.2) is 0 Å². The van der Waals surface area contributed by atoms with E-state index in [0.29, 0.717) is 22.1 Å². The Morgan fingerprint density at radius 2 is 2.16 bits per heavy atom. The summed E-state index contributed by atoms with van der Waals surface area (Å²) < 4.78 is 0. The minimum absolute atomic E-state index is 0.271. The highest BCUT2D eigenvalue weighted by atomic mass is 35.5. The van der Waals surface area contributed by atoms with Gasteiger partial charge in [0.05, 0.1) is 5.69 Å². The van der Waals surface area contributed by atoms with Crippen LogP contribution < -0.4 is 11.1 Å². The summed E-state index contributed by atoms with van der Waals surface area (Å²) in [6, 6.07) is 10.3. The van der Waals surface area contributed by atoms with Crippen molar-refractivity contribution >= 4 is 35.0 Å². The number of carbonyl (C=O) groups excluding carboxylic acids is 1. The third kappa shape index (κ3) is 4.12. The summed E-state index contributed by atoms with van der Waals surface area (Å²) in [5.41, 5.74) is 7.40. The fraction of sp³-hybridized carbons (Fsp3) is 0. The van der Waals surface area contributed by atoms with E-state index in [2.05, 4.69) is 10.3 Å². The van der Waals surface area contributed by atoms with E-state index < -0.39 is 0 Å². The largest absolute Gasteiger partial charge is 0.399 e. The fourth-order valence-corrected chi connectivity index (χ4v) is 1.75. The van der Waals surface area contributed by atoms with E-state index in [0.717, 1.165) is 0 Å². The molecule has 0 spiro atoms. The molecule has 0 aliphatic rings. The quantitative estimate of drug-likeness (QED) is 0.667. The molecular formula is C14H12ClN3O. The van der Waals surface area contributed by atoms with Crippen LogP contribution in [0.25, 0.3) is 6.08 Å². The molecule has 1 aromatic heterocycles. The van der Waals surface area contributed by atoms with Gasteiger partial charge in [-0.3, -0.25) is 9.78 Å². The third-order valence-corrected chi connectivity index (χ3v) is 2.50. The predicted octanol–water partition coefficient (Wildman–Crippen LogP) is 2.97. The standard InChI is InChI=1S/C14H12ClN3O/c15-10-7-11(16)9-13(8-10)18-14(19)5-4-12-3-1-2-6-17-12/h1-9H,16H2,(H,18,19). The Hall–Kier alpha value is -2.33. The number of amides is 1. The molecule has 1 aromatic carbocycles. The number of benzene rings is 1. The number of nitrogens with zero attached hydrogens (tertiary/aromatic N) is 1. The molecular weight excluding hydrogens is 262 g/mol. The molecule has 0 aliphatic heterocycles. The van der Waals surface area contributed by atoms with Gasteiger partial charge in [0.15, 0.2) is 0 Å². The maximum absolute atomic E-state index is 11.7. The predicted molar refractivity (Wildman–Crippen MR) is 77.8 cm³/mol. The van der Waals surface area contributed by atoms with Crippen molar-refractivity contribution in [2.75, 3.05) is 11.1 Å². The Labute approximate surface area is 115 Å². The van der Waals surface area contributed by atoms with Crippen LogP contribution >= 0.6 is 11.6 Å². The first-order valence-electron chi connectivity index (χ1n) is 5.59. The van der Waals surface area contributed by atoms with Crippen LogP contribution in [0.1, 0.15) is 5.69 Å². The van der Waals surface area contributed by atoms with Gasteiger partial charge < -0.3 is 11.1 Å². The van der Waals surface area contributed by atoms with Crippen molar-refractivity contribution in [2.45, 2.75) is 0 Å². The van der Waals surface area contributed by atoms with E-state index in [9.17, 15) is 4.79 Å². The molecule has 4 nitrogen and oxygen atoms in total. The number of nitrogens with one attached hydrogen (secondary N) is 1. The fourth-order valence-electron chi connectivity index (χ4n) is 1.50. The third-order valence-electron chi connectivity index (χ3n) is 2.28. The summed E-state index contributed by atoms with van der Waals surface area (Å²) in [6.07, 6.45) is 4.69. The van der Waals surface area contributed by atoms with Crippen LogP contribution in [0, 0.1) is 0 Å². The topological polar surface area (TPSA) is 68.0 Å². The molecule has 0 bridgehead atoms. The second kappa shape index (κ2) is 6.02. The molecule has 0 fully saturated rings. The molecule has 0 atom stereocenters. The SMILES string of the molecule is Nc1cc(Cl)cc(NC(=O)C=Cc2ccccn2)c1. The minimum atomic E-state index is -0.271. The van der Waals surface area contributed by atoms with Crippen LogP contribution in [0.3, 0.4) is 0 Å². The van der Waals surface area contributed by atoms with Crippen molar-refractivity contribution in [2.24, 2.45) is 0 Å². The van der Waals surface area contributed by atoms with E-state index in [1.165, 1.54) is 6.08 Å². The van der Waals surface area contributed by atoms with Gasteiger partial charge in [0.25, 0.3) is 0 Å². The molecule has 96 valence electrons. The molecule has 2 aromatic rings. The van der Waals surface area contributed by atoms with Gasteiger partial charge in [-0.15, -0.1) is 0 Å². The van der Waals surface area contributed by atoms with E-state index >= 15 is 0 Å². The maximum Gasteiger partial charge on any atom is 0.248 e. The summed E-state index contributed by atoms with van der Waals surface area (Å²) in [4.78, 5) is 15.8. The van der Waals surface area contributed by atoms with Crippen LogP contribution in [-0.4, -0.2) is 10.9 Å². The van der Waals surface area contributed by atoms with Gasteiger partial charge >= 0.3 is 0 Å². The Morgan fingerprint density at radius 1 is 1.32 bits per heavy atom. The van der Waals surface area contributed by atoms with Crippen LogP contribution in [0.2, 0.25) is 5.02 Å². The zero-order chi connectivity index (χ0) is 13.7. The molecule has 1 amide bonds. The average Bonchev–Trinajstić information content (AvgIpc) is 2.36. The van der Waals surface area contributed by atoms with Crippen molar-refractivity contribution in [3.63, 3.8) is 0 Å². The number of halogens is 1. The van der Waals surface area contributed by atoms with Crippen molar-refractivity contribution in [3.8, 4) is 0 Å².